The summed E-state index contributed by atoms with van der Waals surface area (Å²) < 4.78 is 11.0. The number of hydrogen-bond donors (Lipinski definition) is 0. The minimum atomic E-state index is -0.207. The van der Waals surface area contributed by atoms with Crippen LogP contribution >= 0.6 is 0 Å². The molecule has 0 bridgehead atoms. The second-order valence-electron chi connectivity index (χ2n) is 16.6. The van der Waals surface area contributed by atoms with Crippen LogP contribution in [0, 0.1) is 0 Å². The molecule has 0 spiro atoms. The SMILES string of the molecule is CC(C)(C)c1cc(Oc2ccc3c4cc(C(C)(C)C)ccc4n(-c4cc(C(C)(C)c5ccccc5)ccn4)c3c2)cc(-n2cc3ccccc3n2)c1. The maximum absolute atomic E-state index is 6.78. The zero-order valence-corrected chi connectivity index (χ0v) is 31.4. The summed E-state index contributed by atoms with van der Waals surface area (Å²) in [4.78, 5) is 4.99. The molecule has 5 aromatic carbocycles. The van der Waals surface area contributed by atoms with E-state index < -0.39 is 0 Å². The summed E-state index contributed by atoms with van der Waals surface area (Å²) in [6.07, 6.45) is 4.02. The molecule has 0 unspecified atom stereocenters. The average molecular weight is 683 g/mol. The van der Waals surface area contributed by atoms with Crippen molar-refractivity contribution < 1.29 is 4.74 Å². The van der Waals surface area contributed by atoms with Crippen LogP contribution < -0.4 is 4.74 Å². The Kier molecular flexibility index (Phi) is 7.87. The molecule has 0 atom stereocenters. The van der Waals surface area contributed by atoms with Crippen LogP contribution in [0.2, 0.25) is 0 Å². The van der Waals surface area contributed by atoms with Crippen molar-refractivity contribution in [2.24, 2.45) is 0 Å². The average Bonchev–Trinajstić information content (AvgIpc) is 3.70. The van der Waals surface area contributed by atoms with Gasteiger partial charge in [-0.05, 0) is 87.7 Å². The van der Waals surface area contributed by atoms with Crippen molar-refractivity contribution in [1.29, 1.82) is 0 Å². The number of pyridine rings is 1. The van der Waals surface area contributed by atoms with Crippen LogP contribution in [-0.2, 0) is 16.2 Å². The molecule has 0 saturated carbocycles. The van der Waals surface area contributed by atoms with Gasteiger partial charge < -0.3 is 4.74 Å². The second-order valence-corrected chi connectivity index (χ2v) is 16.6. The van der Waals surface area contributed by atoms with Gasteiger partial charge >= 0.3 is 0 Å². The van der Waals surface area contributed by atoms with Gasteiger partial charge in [0.25, 0.3) is 0 Å². The summed E-state index contributed by atoms with van der Waals surface area (Å²) in [5.74, 6) is 2.41. The van der Waals surface area contributed by atoms with Gasteiger partial charge in [-0.15, -0.1) is 0 Å². The fourth-order valence-corrected chi connectivity index (χ4v) is 7.17. The predicted octanol–water partition coefficient (Wildman–Crippen LogP) is 12.2. The van der Waals surface area contributed by atoms with Crippen molar-refractivity contribution in [2.45, 2.75) is 71.6 Å². The number of hydrogen-bond acceptors (Lipinski definition) is 3. The number of benzene rings is 5. The maximum atomic E-state index is 6.78. The quantitative estimate of drug-likeness (QED) is 0.175. The molecule has 0 aliphatic rings. The number of ether oxygens (including phenoxy) is 1. The molecule has 0 aliphatic carbocycles. The van der Waals surface area contributed by atoms with Crippen molar-refractivity contribution in [3.05, 3.63) is 156 Å². The zero-order chi connectivity index (χ0) is 36.4. The number of nitrogens with zero attached hydrogens (tertiary/aromatic N) is 4. The first kappa shape index (κ1) is 33.5. The van der Waals surface area contributed by atoms with Crippen LogP contribution in [0.3, 0.4) is 0 Å². The molecular weight excluding hydrogens is 637 g/mol. The molecule has 5 heteroatoms. The van der Waals surface area contributed by atoms with Gasteiger partial charge in [0.2, 0.25) is 0 Å². The minimum Gasteiger partial charge on any atom is -0.457 e. The summed E-state index contributed by atoms with van der Waals surface area (Å²) in [7, 11) is 0. The summed E-state index contributed by atoms with van der Waals surface area (Å²) in [6, 6.07) is 43.0. The highest BCUT2D eigenvalue weighted by atomic mass is 16.5. The highest BCUT2D eigenvalue weighted by Gasteiger charge is 2.25. The molecule has 0 N–H and O–H groups in total. The van der Waals surface area contributed by atoms with Crippen molar-refractivity contribution >= 4 is 32.7 Å². The third-order valence-corrected chi connectivity index (χ3v) is 10.5. The molecule has 52 heavy (non-hydrogen) atoms. The van der Waals surface area contributed by atoms with E-state index in [4.69, 9.17) is 14.8 Å². The molecule has 0 saturated heterocycles. The highest BCUT2D eigenvalue weighted by Crippen LogP contribution is 2.39. The van der Waals surface area contributed by atoms with E-state index in [1.165, 1.54) is 27.6 Å². The van der Waals surface area contributed by atoms with Crippen LogP contribution in [0.1, 0.15) is 77.6 Å². The van der Waals surface area contributed by atoms with E-state index in [0.29, 0.717) is 0 Å². The topological polar surface area (TPSA) is 44.9 Å². The third kappa shape index (κ3) is 6.04. The minimum absolute atomic E-state index is 0.0136. The smallest absolute Gasteiger partial charge is 0.137 e. The lowest BCUT2D eigenvalue weighted by Crippen LogP contribution is -2.19. The Morgan fingerprint density at radius 3 is 2.04 bits per heavy atom. The normalized spacial score (nSPS) is 12.6. The van der Waals surface area contributed by atoms with E-state index >= 15 is 0 Å². The maximum Gasteiger partial charge on any atom is 0.137 e. The van der Waals surface area contributed by atoms with E-state index in [1.54, 1.807) is 0 Å². The largest absolute Gasteiger partial charge is 0.457 e. The van der Waals surface area contributed by atoms with Crippen molar-refractivity contribution in [3.63, 3.8) is 0 Å². The molecule has 260 valence electrons. The summed E-state index contributed by atoms with van der Waals surface area (Å²) in [6.45, 7) is 18.0. The lowest BCUT2D eigenvalue weighted by molar-refractivity contribution is 0.478. The second kappa shape index (κ2) is 12.2. The molecule has 5 nitrogen and oxygen atoms in total. The molecule has 0 aliphatic heterocycles. The third-order valence-electron chi connectivity index (χ3n) is 10.5. The van der Waals surface area contributed by atoms with E-state index in [1.807, 2.05) is 29.1 Å². The van der Waals surface area contributed by atoms with Crippen LogP contribution in [0.4, 0.5) is 0 Å². The molecule has 3 heterocycles. The standard InChI is InChI=1S/C47H46N4O/c1-45(2,3)33-18-21-42-40(26-33)39-20-19-37(29-43(39)51(42)44-27-34(22-23-48-44)47(7,8)32-15-10-9-11-16-32)52-38-25-35(46(4,5)6)24-36(28-38)50-30-31-14-12-13-17-41(31)49-50/h9-30H,1-8H3. The Labute approximate surface area is 306 Å². The van der Waals surface area contributed by atoms with Crippen molar-refractivity contribution in [3.8, 4) is 23.0 Å². The Hall–Kier alpha value is -5.68. The lowest BCUT2D eigenvalue weighted by Gasteiger charge is -2.26. The molecule has 8 rings (SSSR count). The first-order valence-electron chi connectivity index (χ1n) is 18.2. The van der Waals surface area contributed by atoms with Crippen LogP contribution in [-0.4, -0.2) is 19.3 Å². The van der Waals surface area contributed by atoms with E-state index in [0.717, 1.165) is 50.3 Å². The predicted molar refractivity (Wildman–Crippen MR) is 216 cm³/mol. The monoisotopic (exact) mass is 682 g/mol. The van der Waals surface area contributed by atoms with Crippen LogP contribution in [0.5, 0.6) is 11.5 Å². The molecule has 3 aromatic heterocycles. The van der Waals surface area contributed by atoms with Gasteiger partial charge in [-0.3, -0.25) is 4.57 Å². The van der Waals surface area contributed by atoms with E-state index in [-0.39, 0.29) is 16.2 Å². The van der Waals surface area contributed by atoms with Crippen LogP contribution in [0.25, 0.3) is 44.2 Å². The van der Waals surface area contributed by atoms with E-state index in [9.17, 15) is 0 Å². The molecule has 8 aromatic rings. The lowest BCUT2D eigenvalue weighted by atomic mass is 9.78. The summed E-state index contributed by atoms with van der Waals surface area (Å²) in [5, 5.41) is 8.35. The Morgan fingerprint density at radius 1 is 0.538 bits per heavy atom. The Morgan fingerprint density at radius 2 is 1.29 bits per heavy atom. The fraction of sp³-hybridized carbons (Fsp3) is 0.234. The van der Waals surface area contributed by atoms with Crippen molar-refractivity contribution in [1.82, 2.24) is 19.3 Å². The molecular formula is C47H46N4O. The number of aromatic nitrogens is 4. The molecule has 0 radical (unpaired) electrons. The summed E-state index contributed by atoms with van der Waals surface area (Å²) >= 11 is 0. The fourth-order valence-electron chi connectivity index (χ4n) is 7.17. The highest BCUT2D eigenvalue weighted by molar-refractivity contribution is 6.09. The van der Waals surface area contributed by atoms with Gasteiger partial charge in [0.05, 0.1) is 22.2 Å². The number of rotatable bonds is 6. The van der Waals surface area contributed by atoms with Crippen molar-refractivity contribution in [2.75, 3.05) is 0 Å². The first-order valence-corrected chi connectivity index (χ1v) is 18.2. The van der Waals surface area contributed by atoms with Crippen LogP contribution in [0.15, 0.2) is 134 Å². The zero-order valence-electron chi connectivity index (χ0n) is 31.4. The van der Waals surface area contributed by atoms with E-state index in [2.05, 4.69) is 169 Å². The Bertz CT molecular complexity index is 2560. The van der Waals surface area contributed by atoms with Gasteiger partial charge in [-0.1, -0.05) is 110 Å². The summed E-state index contributed by atoms with van der Waals surface area (Å²) in [5.41, 5.74) is 8.74. The van der Waals surface area contributed by atoms with Gasteiger partial charge in [-0.25, -0.2) is 9.67 Å². The first-order chi connectivity index (χ1) is 24.8. The van der Waals surface area contributed by atoms with Gasteiger partial charge in [0.1, 0.15) is 17.3 Å². The Balaban J connectivity index is 1.28. The number of fused-ring (bicyclic) bond motifs is 4. The van der Waals surface area contributed by atoms with Gasteiger partial charge in [0.15, 0.2) is 0 Å². The van der Waals surface area contributed by atoms with Gasteiger partial charge in [0, 0.05) is 46.1 Å². The molecule has 0 fully saturated rings. The molecule has 0 amide bonds. The van der Waals surface area contributed by atoms with Gasteiger partial charge in [-0.2, -0.15) is 5.10 Å².